The standard InChI is InChI=1S/C10H15N3O3/c11-1-3-13-4-2-12-6-8(13)7-5-9(14)16-10(7)15/h5,8,12H,1-4,6,11H2. The van der Waals surface area contributed by atoms with E-state index in [2.05, 4.69) is 15.0 Å². The number of rotatable bonds is 3. The minimum Gasteiger partial charge on any atom is -0.386 e. The first-order valence-electron chi connectivity index (χ1n) is 5.35. The van der Waals surface area contributed by atoms with Crippen molar-refractivity contribution in [1.29, 1.82) is 0 Å². The summed E-state index contributed by atoms with van der Waals surface area (Å²) in [5.41, 5.74) is 5.95. The number of nitrogens with two attached hydrogens (primary N) is 1. The van der Waals surface area contributed by atoms with Crippen molar-refractivity contribution in [2.24, 2.45) is 5.73 Å². The molecule has 88 valence electrons. The monoisotopic (exact) mass is 225 g/mol. The average Bonchev–Trinajstić information content (AvgIpc) is 2.59. The molecule has 0 bridgehead atoms. The Hall–Kier alpha value is -1.24. The Labute approximate surface area is 93.4 Å². The number of hydrogen-bond donors (Lipinski definition) is 2. The van der Waals surface area contributed by atoms with Gasteiger partial charge < -0.3 is 15.8 Å². The van der Waals surface area contributed by atoms with Gasteiger partial charge in [-0.05, 0) is 0 Å². The summed E-state index contributed by atoms with van der Waals surface area (Å²) in [6.07, 6.45) is 1.28. The molecule has 0 radical (unpaired) electrons. The van der Waals surface area contributed by atoms with Gasteiger partial charge in [-0.2, -0.15) is 0 Å². The van der Waals surface area contributed by atoms with Crippen LogP contribution in [-0.2, 0) is 14.3 Å². The highest BCUT2D eigenvalue weighted by Gasteiger charge is 2.34. The van der Waals surface area contributed by atoms with Crippen LogP contribution < -0.4 is 11.1 Å². The molecule has 16 heavy (non-hydrogen) atoms. The van der Waals surface area contributed by atoms with E-state index < -0.39 is 11.9 Å². The minimum atomic E-state index is -0.571. The highest BCUT2D eigenvalue weighted by molar-refractivity contribution is 6.09. The van der Waals surface area contributed by atoms with Gasteiger partial charge in [-0.15, -0.1) is 0 Å². The van der Waals surface area contributed by atoms with Crippen molar-refractivity contribution in [3.05, 3.63) is 11.6 Å². The Morgan fingerprint density at radius 3 is 3.00 bits per heavy atom. The zero-order chi connectivity index (χ0) is 11.5. The second-order valence-electron chi connectivity index (χ2n) is 3.85. The third-order valence-corrected chi connectivity index (χ3v) is 2.83. The molecule has 3 N–H and O–H groups in total. The minimum absolute atomic E-state index is 0.101. The molecule has 2 aliphatic heterocycles. The van der Waals surface area contributed by atoms with Crippen LogP contribution in [0.1, 0.15) is 0 Å². The lowest BCUT2D eigenvalue weighted by Gasteiger charge is -2.35. The van der Waals surface area contributed by atoms with Crippen molar-refractivity contribution in [2.75, 3.05) is 32.7 Å². The molecule has 6 heteroatoms. The molecule has 1 saturated heterocycles. The van der Waals surface area contributed by atoms with E-state index in [9.17, 15) is 9.59 Å². The molecule has 0 aliphatic carbocycles. The Bertz CT molecular complexity index is 338. The average molecular weight is 225 g/mol. The molecule has 1 atom stereocenters. The van der Waals surface area contributed by atoms with Gasteiger partial charge in [0.15, 0.2) is 0 Å². The molecule has 6 nitrogen and oxygen atoms in total. The molecule has 0 saturated carbocycles. The number of ether oxygens (including phenoxy) is 1. The first kappa shape index (κ1) is 11.3. The van der Waals surface area contributed by atoms with Crippen LogP contribution in [0.2, 0.25) is 0 Å². The predicted molar refractivity (Wildman–Crippen MR) is 56.5 cm³/mol. The topological polar surface area (TPSA) is 84.7 Å². The van der Waals surface area contributed by atoms with Crippen LogP contribution in [0.5, 0.6) is 0 Å². The Morgan fingerprint density at radius 2 is 2.38 bits per heavy atom. The van der Waals surface area contributed by atoms with Gasteiger partial charge in [-0.25, -0.2) is 9.59 Å². The zero-order valence-corrected chi connectivity index (χ0v) is 8.94. The van der Waals surface area contributed by atoms with Crippen molar-refractivity contribution in [3.8, 4) is 0 Å². The SMILES string of the molecule is NCCN1CCNCC1C1=CC(=O)OC1=O. The molecule has 0 aromatic heterocycles. The van der Waals surface area contributed by atoms with Gasteiger partial charge >= 0.3 is 11.9 Å². The Kier molecular flexibility index (Phi) is 3.33. The lowest BCUT2D eigenvalue weighted by Crippen LogP contribution is -2.54. The van der Waals surface area contributed by atoms with E-state index in [4.69, 9.17) is 5.73 Å². The lowest BCUT2D eigenvalue weighted by atomic mass is 10.0. The number of hydrogen-bond acceptors (Lipinski definition) is 6. The molecule has 2 aliphatic rings. The van der Waals surface area contributed by atoms with Crippen molar-refractivity contribution in [3.63, 3.8) is 0 Å². The number of carbonyl (C=O) groups excluding carboxylic acids is 2. The number of nitrogens with one attached hydrogen (secondary N) is 1. The summed E-state index contributed by atoms with van der Waals surface area (Å²) in [4.78, 5) is 24.5. The van der Waals surface area contributed by atoms with Crippen LogP contribution in [0.15, 0.2) is 11.6 Å². The summed E-state index contributed by atoms with van der Waals surface area (Å²) in [5.74, 6) is -1.10. The quantitative estimate of drug-likeness (QED) is 0.437. The Balaban J connectivity index is 2.13. The van der Waals surface area contributed by atoms with Crippen LogP contribution in [0.25, 0.3) is 0 Å². The van der Waals surface area contributed by atoms with Crippen molar-refractivity contribution >= 4 is 11.9 Å². The third kappa shape index (κ3) is 2.13. The van der Waals surface area contributed by atoms with Crippen molar-refractivity contribution in [2.45, 2.75) is 6.04 Å². The highest BCUT2D eigenvalue weighted by Crippen LogP contribution is 2.18. The van der Waals surface area contributed by atoms with E-state index in [0.29, 0.717) is 25.2 Å². The summed E-state index contributed by atoms with van der Waals surface area (Å²) in [6, 6.07) is -0.101. The number of esters is 2. The van der Waals surface area contributed by atoms with E-state index >= 15 is 0 Å². The normalized spacial score (nSPS) is 26.8. The summed E-state index contributed by atoms with van der Waals surface area (Å²) in [7, 11) is 0. The fourth-order valence-electron chi connectivity index (χ4n) is 2.08. The fourth-order valence-corrected chi connectivity index (χ4v) is 2.08. The molecule has 0 aromatic carbocycles. The van der Waals surface area contributed by atoms with E-state index in [1.165, 1.54) is 6.08 Å². The number of cyclic esters (lactones) is 2. The number of carbonyl (C=O) groups is 2. The van der Waals surface area contributed by atoms with Crippen LogP contribution >= 0.6 is 0 Å². The molecule has 1 unspecified atom stereocenters. The molecule has 0 amide bonds. The van der Waals surface area contributed by atoms with E-state index in [1.54, 1.807) is 0 Å². The molecule has 1 fully saturated rings. The second kappa shape index (κ2) is 4.73. The fraction of sp³-hybridized carbons (Fsp3) is 0.600. The summed E-state index contributed by atoms with van der Waals surface area (Å²) < 4.78 is 4.50. The highest BCUT2D eigenvalue weighted by atomic mass is 16.6. The van der Waals surface area contributed by atoms with Crippen LogP contribution in [0.3, 0.4) is 0 Å². The van der Waals surface area contributed by atoms with Gasteiger partial charge in [0.05, 0.1) is 11.6 Å². The van der Waals surface area contributed by atoms with Crippen molar-refractivity contribution in [1.82, 2.24) is 10.2 Å². The molecule has 2 heterocycles. The van der Waals surface area contributed by atoms with E-state index in [0.717, 1.165) is 13.1 Å². The summed E-state index contributed by atoms with van der Waals surface area (Å²) in [6.45, 7) is 3.58. The predicted octanol–water partition coefficient (Wildman–Crippen LogP) is -1.77. The van der Waals surface area contributed by atoms with Crippen molar-refractivity contribution < 1.29 is 14.3 Å². The van der Waals surface area contributed by atoms with E-state index in [1.807, 2.05) is 0 Å². The number of piperazine rings is 1. The zero-order valence-electron chi connectivity index (χ0n) is 8.94. The van der Waals surface area contributed by atoms with E-state index in [-0.39, 0.29) is 6.04 Å². The van der Waals surface area contributed by atoms with Crippen LogP contribution in [-0.4, -0.2) is 55.6 Å². The number of nitrogens with zero attached hydrogens (tertiary/aromatic N) is 1. The second-order valence-corrected chi connectivity index (χ2v) is 3.85. The molecular weight excluding hydrogens is 210 g/mol. The maximum absolute atomic E-state index is 11.4. The lowest BCUT2D eigenvalue weighted by molar-refractivity contribution is -0.151. The van der Waals surface area contributed by atoms with Gasteiger partial charge in [0.25, 0.3) is 0 Å². The third-order valence-electron chi connectivity index (χ3n) is 2.83. The van der Waals surface area contributed by atoms with Crippen LogP contribution in [0.4, 0.5) is 0 Å². The van der Waals surface area contributed by atoms with Gasteiger partial charge in [-0.3, -0.25) is 4.90 Å². The molecule has 2 rings (SSSR count). The van der Waals surface area contributed by atoms with Gasteiger partial charge in [0.1, 0.15) is 0 Å². The molecule has 0 aromatic rings. The van der Waals surface area contributed by atoms with Crippen LogP contribution in [0, 0.1) is 0 Å². The van der Waals surface area contributed by atoms with Gasteiger partial charge in [-0.1, -0.05) is 0 Å². The van der Waals surface area contributed by atoms with Gasteiger partial charge in [0, 0.05) is 38.8 Å². The maximum Gasteiger partial charge on any atom is 0.343 e. The summed E-state index contributed by atoms with van der Waals surface area (Å²) >= 11 is 0. The first-order valence-corrected chi connectivity index (χ1v) is 5.35. The first-order chi connectivity index (χ1) is 7.72. The smallest absolute Gasteiger partial charge is 0.343 e. The largest absolute Gasteiger partial charge is 0.386 e. The maximum atomic E-state index is 11.4. The molecular formula is C10H15N3O3. The molecule has 0 spiro atoms. The summed E-state index contributed by atoms with van der Waals surface area (Å²) in [5, 5.41) is 3.19. The van der Waals surface area contributed by atoms with Gasteiger partial charge in [0.2, 0.25) is 0 Å². The Morgan fingerprint density at radius 1 is 1.56 bits per heavy atom.